The molecule has 0 aromatic carbocycles. The molecule has 2 atom stereocenters. The summed E-state index contributed by atoms with van der Waals surface area (Å²) in [6, 6.07) is -0.612. The van der Waals surface area contributed by atoms with Crippen molar-refractivity contribution in [3.63, 3.8) is 0 Å². The van der Waals surface area contributed by atoms with Gasteiger partial charge in [-0.1, -0.05) is 133 Å². The van der Waals surface area contributed by atoms with Crippen LogP contribution in [0.15, 0.2) is 48.6 Å². The summed E-state index contributed by atoms with van der Waals surface area (Å²) in [6.45, 7) is 4.49. The standard InChI is InChI=1S/C43H75NO7/c1-6-8-10-12-13-14-15-16-17-18-19-20-21-22-23-24-25-26-27-28-29-30-32-34-42(46)51-39(38-50-41(45)33-31-11-9-7-2)37-49-36-35-40(43(47)48)44(3,4)5/h8,10,13-14,16-17,19-20,39-40H,6-7,9,11-12,15,18,21-38H2,1-5H3/p+1/b10-8-,14-13-,17-16-,20-19-. The number of ether oxygens (including phenoxy) is 3. The van der Waals surface area contributed by atoms with Crippen molar-refractivity contribution in [1.29, 1.82) is 0 Å². The van der Waals surface area contributed by atoms with E-state index in [2.05, 4.69) is 62.5 Å². The highest BCUT2D eigenvalue weighted by molar-refractivity contribution is 5.72. The molecule has 0 aliphatic heterocycles. The zero-order valence-corrected chi connectivity index (χ0v) is 33.3. The molecule has 0 radical (unpaired) electrons. The number of aliphatic carboxylic acids is 1. The molecule has 0 aliphatic carbocycles. The molecule has 1 N–H and O–H groups in total. The van der Waals surface area contributed by atoms with E-state index >= 15 is 0 Å². The van der Waals surface area contributed by atoms with Crippen LogP contribution in [0, 0.1) is 0 Å². The molecular formula is C43H76NO7+. The molecule has 0 fully saturated rings. The van der Waals surface area contributed by atoms with E-state index in [0.717, 1.165) is 70.6 Å². The first-order valence-electron chi connectivity index (χ1n) is 20.2. The summed E-state index contributed by atoms with van der Waals surface area (Å²) in [5.41, 5.74) is 0. The molecule has 0 aromatic heterocycles. The molecule has 0 bridgehead atoms. The van der Waals surface area contributed by atoms with E-state index in [-0.39, 0.29) is 36.2 Å². The summed E-state index contributed by atoms with van der Waals surface area (Å²) >= 11 is 0. The monoisotopic (exact) mass is 719 g/mol. The normalized spacial score (nSPS) is 13.5. The van der Waals surface area contributed by atoms with Crippen LogP contribution in [-0.2, 0) is 28.6 Å². The molecule has 0 saturated heterocycles. The molecule has 0 spiro atoms. The van der Waals surface area contributed by atoms with E-state index < -0.39 is 18.1 Å². The Hall–Kier alpha value is -2.71. The lowest BCUT2D eigenvalue weighted by molar-refractivity contribution is -0.887. The van der Waals surface area contributed by atoms with Gasteiger partial charge in [-0.05, 0) is 51.4 Å². The summed E-state index contributed by atoms with van der Waals surface area (Å²) in [5, 5.41) is 9.55. The largest absolute Gasteiger partial charge is 0.477 e. The smallest absolute Gasteiger partial charge is 0.362 e. The van der Waals surface area contributed by atoms with Crippen molar-refractivity contribution in [3.8, 4) is 0 Å². The van der Waals surface area contributed by atoms with Gasteiger partial charge in [-0.3, -0.25) is 9.59 Å². The Balaban J connectivity index is 4.11. The third kappa shape index (κ3) is 32.9. The summed E-state index contributed by atoms with van der Waals surface area (Å²) in [7, 11) is 5.50. The number of rotatable bonds is 35. The molecule has 294 valence electrons. The van der Waals surface area contributed by atoms with E-state index in [9.17, 15) is 19.5 Å². The molecule has 0 aromatic rings. The van der Waals surface area contributed by atoms with Crippen molar-refractivity contribution in [2.24, 2.45) is 0 Å². The quantitative estimate of drug-likeness (QED) is 0.0301. The van der Waals surface area contributed by atoms with Crippen LogP contribution in [0.2, 0.25) is 0 Å². The van der Waals surface area contributed by atoms with Gasteiger partial charge in [0.05, 0.1) is 34.4 Å². The Morgan fingerprint density at radius 1 is 0.608 bits per heavy atom. The van der Waals surface area contributed by atoms with Gasteiger partial charge in [0.2, 0.25) is 0 Å². The van der Waals surface area contributed by atoms with Gasteiger partial charge in [0.1, 0.15) is 6.61 Å². The minimum Gasteiger partial charge on any atom is -0.477 e. The average molecular weight is 719 g/mol. The molecule has 0 amide bonds. The highest BCUT2D eigenvalue weighted by atomic mass is 16.6. The summed E-state index contributed by atoms with van der Waals surface area (Å²) in [5.74, 6) is -1.50. The maximum Gasteiger partial charge on any atom is 0.362 e. The van der Waals surface area contributed by atoms with Gasteiger partial charge in [-0.2, -0.15) is 0 Å². The van der Waals surface area contributed by atoms with Crippen LogP contribution in [0.1, 0.15) is 155 Å². The van der Waals surface area contributed by atoms with Crippen molar-refractivity contribution in [1.82, 2.24) is 0 Å². The molecule has 0 heterocycles. The Bertz CT molecular complexity index is 979. The van der Waals surface area contributed by atoms with Gasteiger partial charge in [-0.15, -0.1) is 0 Å². The minimum atomic E-state index is -0.879. The zero-order valence-electron chi connectivity index (χ0n) is 33.3. The average Bonchev–Trinajstić information content (AvgIpc) is 3.08. The van der Waals surface area contributed by atoms with Crippen molar-refractivity contribution in [2.45, 2.75) is 167 Å². The maximum absolute atomic E-state index is 12.6. The third-order valence-electron chi connectivity index (χ3n) is 8.74. The van der Waals surface area contributed by atoms with E-state index in [0.29, 0.717) is 19.3 Å². The number of carbonyl (C=O) groups is 3. The first kappa shape index (κ1) is 48.3. The molecular weight excluding hydrogens is 642 g/mol. The van der Waals surface area contributed by atoms with Gasteiger partial charge >= 0.3 is 17.9 Å². The van der Waals surface area contributed by atoms with Crippen LogP contribution in [0.3, 0.4) is 0 Å². The van der Waals surface area contributed by atoms with Crippen molar-refractivity contribution in [3.05, 3.63) is 48.6 Å². The number of esters is 2. The second-order valence-corrected chi connectivity index (χ2v) is 14.5. The van der Waals surface area contributed by atoms with Crippen molar-refractivity contribution in [2.75, 3.05) is 41.0 Å². The van der Waals surface area contributed by atoms with E-state index in [1.165, 1.54) is 51.4 Å². The van der Waals surface area contributed by atoms with E-state index in [1.807, 2.05) is 21.1 Å². The molecule has 0 aliphatic rings. The van der Waals surface area contributed by atoms with Gasteiger partial charge in [0.25, 0.3) is 0 Å². The molecule has 8 heteroatoms. The van der Waals surface area contributed by atoms with Gasteiger partial charge in [0, 0.05) is 19.3 Å². The van der Waals surface area contributed by atoms with Gasteiger partial charge in [0.15, 0.2) is 12.1 Å². The van der Waals surface area contributed by atoms with Crippen molar-refractivity contribution < 1.29 is 38.2 Å². The number of carbonyl (C=O) groups excluding carboxylic acids is 2. The first-order valence-corrected chi connectivity index (χ1v) is 20.2. The van der Waals surface area contributed by atoms with Crippen molar-refractivity contribution >= 4 is 17.9 Å². The topological polar surface area (TPSA) is 99.1 Å². The fraction of sp³-hybridized carbons (Fsp3) is 0.744. The lowest BCUT2D eigenvalue weighted by Crippen LogP contribution is -2.50. The van der Waals surface area contributed by atoms with Crippen LogP contribution in [0.4, 0.5) is 0 Å². The van der Waals surface area contributed by atoms with Crippen LogP contribution in [0.5, 0.6) is 0 Å². The molecule has 51 heavy (non-hydrogen) atoms. The number of likely N-dealkylation sites (N-methyl/N-ethyl adjacent to an activating group) is 1. The predicted molar refractivity (Wildman–Crippen MR) is 211 cm³/mol. The Labute approximate surface area is 312 Å². The van der Waals surface area contributed by atoms with Crippen LogP contribution in [0.25, 0.3) is 0 Å². The second-order valence-electron chi connectivity index (χ2n) is 14.5. The first-order chi connectivity index (χ1) is 24.6. The second kappa shape index (κ2) is 34.4. The Morgan fingerprint density at radius 2 is 1.10 bits per heavy atom. The molecule has 0 rings (SSSR count). The van der Waals surface area contributed by atoms with Crippen LogP contribution < -0.4 is 0 Å². The molecule has 8 nitrogen and oxygen atoms in total. The Morgan fingerprint density at radius 3 is 1.63 bits per heavy atom. The highest BCUT2D eigenvalue weighted by Crippen LogP contribution is 2.14. The number of allylic oxidation sites excluding steroid dienone is 8. The number of hydrogen-bond donors (Lipinski definition) is 1. The minimum absolute atomic E-state index is 0.0551. The Kier molecular flexibility index (Phi) is 32.6. The fourth-order valence-electron chi connectivity index (χ4n) is 5.61. The maximum atomic E-state index is 12.6. The van der Waals surface area contributed by atoms with Gasteiger partial charge < -0.3 is 23.8 Å². The molecule has 2 unspecified atom stereocenters. The predicted octanol–water partition coefficient (Wildman–Crippen LogP) is 10.5. The van der Waals surface area contributed by atoms with Crippen LogP contribution >= 0.6 is 0 Å². The van der Waals surface area contributed by atoms with Gasteiger partial charge in [-0.25, -0.2) is 4.79 Å². The fourth-order valence-corrected chi connectivity index (χ4v) is 5.61. The number of carboxylic acid groups (broad SMARTS) is 1. The van der Waals surface area contributed by atoms with Crippen LogP contribution in [-0.4, -0.2) is 80.6 Å². The number of hydrogen-bond acceptors (Lipinski definition) is 6. The number of carboxylic acids is 1. The number of unbranched alkanes of at least 4 members (excludes halogenated alkanes) is 13. The third-order valence-corrected chi connectivity index (χ3v) is 8.74. The highest BCUT2D eigenvalue weighted by Gasteiger charge is 2.31. The lowest BCUT2D eigenvalue weighted by Gasteiger charge is -2.31. The van der Waals surface area contributed by atoms with E-state index in [4.69, 9.17) is 14.2 Å². The summed E-state index contributed by atoms with van der Waals surface area (Å²) in [6.07, 6.45) is 39.2. The lowest BCUT2D eigenvalue weighted by atomic mass is 10.0. The van der Waals surface area contributed by atoms with E-state index in [1.54, 1.807) is 0 Å². The SMILES string of the molecule is CC/C=C\C/C=C\C/C=C\C/C=C\CCCCCCCCCCCCC(=O)OC(COCCC(C(=O)O)[N+](C)(C)C)COC(=O)CCCCCC. The zero-order chi connectivity index (χ0) is 37.8. The summed E-state index contributed by atoms with van der Waals surface area (Å²) < 4.78 is 17.1. The summed E-state index contributed by atoms with van der Waals surface area (Å²) in [4.78, 5) is 36.5. The number of nitrogens with zero attached hydrogens (tertiary/aromatic N) is 1. The number of quaternary nitrogens is 1. The molecule has 0 saturated carbocycles.